The Bertz CT molecular complexity index is 1740. The molecule has 274 valence electrons. The highest BCUT2D eigenvalue weighted by molar-refractivity contribution is 6.74. The van der Waals surface area contributed by atoms with Gasteiger partial charge in [0.2, 0.25) is 0 Å². The van der Waals surface area contributed by atoms with Gasteiger partial charge in [-0.25, -0.2) is 4.79 Å². The Morgan fingerprint density at radius 1 is 0.880 bits per heavy atom. The second-order valence-electron chi connectivity index (χ2n) is 14.0. The summed E-state index contributed by atoms with van der Waals surface area (Å²) in [6, 6.07) is 11.7. The normalized spacial score (nSPS) is 12.2. The minimum Gasteiger partial charge on any atom is -0.497 e. The lowest BCUT2D eigenvalue weighted by Gasteiger charge is -2.36. The Hall–Kier alpha value is -3.19. The quantitative estimate of drug-likeness (QED) is 0.0580. The van der Waals surface area contributed by atoms with E-state index in [0.29, 0.717) is 63.2 Å². The number of benzene rings is 2. The zero-order chi connectivity index (χ0) is 36.6. The molecule has 12 heteroatoms. The summed E-state index contributed by atoms with van der Waals surface area (Å²) in [5, 5.41) is 6.55. The summed E-state index contributed by atoms with van der Waals surface area (Å²) in [6.45, 7) is 14.0. The number of hydrogen-bond acceptors (Lipinski definition) is 8. The topological polar surface area (TPSA) is 95.2 Å². The van der Waals surface area contributed by atoms with Gasteiger partial charge in [-0.05, 0) is 60.3 Å². The van der Waals surface area contributed by atoms with Gasteiger partial charge in [0.05, 0.1) is 69.2 Å². The number of carbonyl (C=O) groups is 1. The summed E-state index contributed by atoms with van der Waals surface area (Å²) in [5.74, 6) is 0.395. The zero-order valence-electron chi connectivity index (χ0n) is 31.4. The van der Waals surface area contributed by atoms with Crippen LogP contribution in [0.1, 0.15) is 60.1 Å². The molecule has 4 aromatic rings. The molecule has 0 unspecified atom stereocenters. The lowest BCUT2D eigenvalue weighted by Crippen LogP contribution is -2.41. The van der Waals surface area contributed by atoms with Crippen molar-refractivity contribution in [3.8, 4) is 17.0 Å². The fourth-order valence-electron chi connectivity index (χ4n) is 5.92. The average Bonchev–Trinajstić information content (AvgIpc) is 3.54. The lowest BCUT2D eigenvalue weighted by atomic mass is 9.99. The number of carbonyl (C=O) groups excluding carboxylic acids is 1. The summed E-state index contributed by atoms with van der Waals surface area (Å²) >= 11 is 7.10. The molecule has 0 N–H and O–H groups in total. The van der Waals surface area contributed by atoms with Crippen LogP contribution < -0.4 is 4.74 Å². The summed E-state index contributed by atoms with van der Waals surface area (Å²) in [7, 11) is 6.61. The molecule has 0 fully saturated rings. The van der Waals surface area contributed by atoms with Crippen LogP contribution in [0.25, 0.3) is 22.2 Å². The minimum absolute atomic E-state index is 0.114. The molecule has 2 aromatic carbocycles. The van der Waals surface area contributed by atoms with E-state index in [1.54, 1.807) is 14.2 Å². The largest absolute Gasteiger partial charge is 0.497 e. The second kappa shape index (κ2) is 17.3. The van der Waals surface area contributed by atoms with Gasteiger partial charge in [-0.3, -0.25) is 4.68 Å². The van der Waals surface area contributed by atoms with E-state index in [1.165, 1.54) is 7.11 Å². The Morgan fingerprint density at radius 2 is 1.60 bits per heavy atom. The third-order valence-electron chi connectivity index (χ3n) is 9.68. The first kappa shape index (κ1) is 39.6. The monoisotopic (exact) mass is 727 g/mol. The molecule has 4 rings (SSSR count). The molecule has 2 heterocycles. The van der Waals surface area contributed by atoms with Crippen molar-refractivity contribution >= 4 is 36.8 Å². The molecular formula is C38H54ClN3O7Si. The van der Waals surface area contributed by atoms with Gasteiger partial charge in [0.15, 0.2) is 8.32 Å². The summed E-state index contributed by atoms with van der Waals surface area (Å²) in [5.41, 5.74) is 6.65. The number of ether oxygens (including phenoxy) is 5. The molecule has 2 aromatic heterocycles. The molecule has 50 heavy (non-hydrogen) atoms. The van der Waals surface area contributed by atoms with Gasteiger partial charge < -0.3 is 32.7 Å². The van der Waals surface area contributed by atoms with Crippen LogP contribution >= 0.6 is 11.6 Å². The van der Waals surface area contributed by atoms with Crippen molar-refractivity contribution in [1.82, 2.24) is 14.3 Å². The molecule has 0 amide bonds. The van der Waals surface area contributed by atoms with Gasteiger partial charge in [-0.1, -0.05) is 50.6 Å². The highest BCUT2D eigenvalue weighted by atomic mass is 35.5. The van der Waals surface area contributed by atoms with Crippen LogP contribution in [-0.4, -0.2) is 76.4 Å². The Labute approximate surface area is 303 Å². The molecule has 0 atom stereocenters. The number of aromatic nitrogens is 3. The van der Waals surface area contributed by atoms with Crippen LogP contribution in [-0.2, 0) is 63.5 Å². The molecule has 0 radical (unpaired) electrons. The summed E-state index contributed by atoms with van der Waals surface area (Å²) in [4.78, 5) is 13.4. The number of nitrogens with zero attached hydrogens (tertiary/aromatic N) is 3. The standard InChI is InChI=1S/C38H54ClN3O7Si/c1-38(2,3)50(9,10)49-20-11-12-28-29-17-18-31(39)33(34(29)41(4)36(28)37(43)46-8)35-30(25-48-24-26-13-15-27(45-7)16-14-26)32(40-42(35)5)19-21-47-23-22-44-6/h13-18H,11-12,19-25H2,1-10H3. The highest BCUT2D eigenvalue weighted by Crippen LogP contribution is 2.42. The number of methoxy groups -OCH3 is 3. The maximum atomic E-state index is 13.4. The van der Waals surface area contributed by atoms with E-state index in [0.717, 1.165) is 56.7 Å². The van der Waals surface area contributed by atoms with Crippen LogP contribution in [0.15, 0.2) is 36.4 Å². The fourth-order valence-corrected chi connectivity index (χ4v) is 7.25. The van der Waals surface area contributed by atoms with Gasteiger partial charge in [0.1, 0.15) is 11.4 Å². The lowest BCUT2D eigenvalue weighted by molar-refractivity contribution is 0.0589. The first-order valence-electron chi connectivity index (χ1n) is 17.1. The van der Waals surface area contributed by atoms with Crippen molar-refractivity contribution < 1.29 is 32.9 Å². The van der Waals surface area contributed by atoms with Gasteiger partial charge in [0, 0.05) is 50.7 Å². The number of aryl methyl sites for hydroxylation is 3. The fraction of sp³-hybridized carbons (Fsp3) is 0.526. The van der Waals surface area contributed by atoms with E-state index >= 15 is 0 Å². The number of fused-ring (bicyclic) bond motifs is 1. The molecule has 0 aliphatic heterocycles. The van der Waals surface area contributed by atoms with E-state index in [1.807, 2.05) is 59.7 Å². The SMILES string of the molecule is COCCOCCc1nn(C)c(-c2c(Cl)ccc3c(CCCO[Si](C)(C)C(C)(C)C)c(C(=O)OC)n(C)c23)c1COCc1ccc(OC)cc1. The average molecular weight is 728 g/mol. The summed E-state index contributed by atoms with van der Waals surface area (Å²) in [6.07, 6.45) is 1.98. The third kappa shape index (κ3) is 8.99. The molecule has 0 aliphatic carbocycles. The van der Waals surface area contributed by atoms with Gasteiger partial charge in [-0.15, -0.1) is 0 Å². The van der Waals surface area contributed by atoms with E-state index < -0.39 is 14.3 Å². The van der Waals surface area contributed by atoms with Crippen molar-refractivity contribution in [2.45, 2.75) is 71.4 Å². The third-order valence-corrected chi connectivity index (χ3v) is 14.5. The maximum absolute atomic E-state index is 13.4. The first-order chi connectivity index (χ1) is 23.7. The van der Waals surface area contributed by atoms with Gasteiger partial charge in [0.25, 0.3) is 0 Å². The number of hydrogen-bond donors (Lipinski definition) is 0. The molecule has 10 nitrogen and oxygen atoms in total. The van der Waals surface area contributed by atoms with Crippen LogP contribution in [0, 0.1) is 0 Å². The molecule has 0 aliphatic rings. The molecule has 0 saturated carbocycles. The summed E-state index contributed by atoms with van der Waals surface area (Å²) < 4.78 is 38.2. The van der Waals surface area contributed by atoms with Crippen molar-refractivity contribution in [3.63, 3.8) is 0 Å². The predicted molar refractivity (Wildman–Crippen MR) is 201 cm³/mol. The second-order valence-corrected chi connectivity index (χ2v) is 19.2. The molecule has 0 saturated heterocycles. The number of halogens is 1. The number of rotatable bonds is 18. The van der Waals surface area contributed by atoms with Crippen LogP contribution in [0.2, 0.25) is 23.2 Å². The van der Waals surface area contributed by atoms with Crippen LogP contribution in [0.5, 0.6) is 5.75 Å². The Balaban J connectivity index is 1.76. The van der Waals surface area contributed by atoms with Crippen molar-refractivity contribution in [3.05, 3.63) is 69.5 Å². The van der Waals surface area contributed by atoms with Crippen molar-refractivity contribution in [2.75, 3.05) is 47.8 Å². The van der Waals surface area contributed by atoms with E-state index in [2.05, 4.69) is 33.9 Å². The smallest absolute Gasteiger partial charge is 0.354 e. The Kier molecular flexibility index (Phi) is 13.7. The van der Waals surface area contributed by atoms with Gasteiger partial charge >= 0.3 is 5.97 Å². The highest BCUT2D eigenvalue weighted by Gasteiger charge is 2.37. The van der Waals surface area contributed by atoms with Crippen molar-refractivity contribution in [1.29, 1.82) is 0 Å². The molecular weight excluding hydrogens is 674 g/mol. The zero-order valence-corrected chi connectivity index (χ0v) is 33.2. The van der Waals surface area contributed by atoms with E-state index in [4.69, 9.17) is 44.8 Å². The van der Waals surface area contributed by atoms with Crippen LogP contribution in [0.3, 0.4) is 0 Å². The van der Waals surface area contributed by atoms with Crippen molar-refractivity contribution in [2.24, 2.45) is 14.1 Å². The van der Waals surface area contributed by atoms with E-state index in [9.17, 15) is 4.79 Å². The maximum Gasteiger partial charge on any atom is 0.354 e. The predicted octanol–water partition coefficient (Wildman–Crippen LogP) is 7.90. The van der Waals surface area contributed by atoms with Crippen LogP contribution in [0.4, 0.5) is 0 Å². The number of esters is 1. The first-order valence-corrected chi connectivity index (χ1v) is 20.4. The van der Waals surface area contributed by atoms with Gasteiger partial charge in [-0.2, -0.15) is 5.10 Å². The Morgan fingerprint density at radius 3 is 2.24 bits per heavy atom. The minimum atomic E-state index is -1.92. The molecule has 0 bridgehead atoms. The molecule has 0 spiro atoms. The van der Waals surface area contributed by atoms with E-state index in [-0.39, 0.29) is 5.04 Å².